The van der Waals surface area contributed by atoms with Gasteiger partial charge in [-0.15, -0.1) is 11.3 Å². The second kappa shape index (κ2) is 8.95. The van der Waals surface area contributed by atoms with E-state index < -0.39 is 24.5 Å². The van der Waals surface area contributed by atoms with E-state index in [1.165, 1.54) is 44.8 Å². The molecule has 1 heterocycles. The predicted molar refractivity (Wildman–Crippen MR) is 106 cm³/mol. The van der Waals surface area contributed by atoms with Crippen LogP contribution in [0.4, 0.5) is 5.00 Å². The molecule has 0 radical (unpaired) electrons. The number of rotatable bonds is 7. The molecular formula is C20H21NO7S. The molecule has 1 aliphatic carbocycles. The van der Waals surface area contributed by atoms with Crippen LogP contribution in [0.2, 0.25) is 0 Å². The van der Waals surface area contributed by atoms with Crippen LogP contribution in [0.25, 0.3) is 0 Å². The van der Waals surface area contributed by atoms with Crippen molar-refractivity contribution in [1.82, 2.24) is 0 Å². The number of anilines is 1. The van der Waals surface area contributed by atoms with Crippen LogP contribution in [0.5, 0.6) is 11.5 Å². The molecule has 1 amide bonds. The molecule has 0 bridgehead atoms. The number of carbonyl (C=O) groups excluding carboxylic acids is 3. The summed E-state index contributed by atoms with van der Waals surface area (Å²) in [7, 11) is 4.25. The van der Waals surface area contributed by atoms with Gasteiger partial charge in [-0.3, -0.25) is 4.79 Å². The number of esters is 2. The Balaban J connectivity index is 1.65. The van der Waals surface area contributed by atoms with E-state index in [2.05, 4.69) is 5.32 Å². The first-order valence-electron chi connectivity index (χ1n) is 8.90. The number of fused-ring (bicyclic) bond motifs is 1. The molecule has 29 heavy (non-hydrogen) atoms. The van der Waals surface area contributed by atoms with E-state index in [1.54, 1.807) is 6.07 Å². The number of carbonyl (C=O) groups is 3. The Morgan fingerprint density at radius 1 is 1.03 bits per heavy atom. The topological polar surface area (TPSA) is 100 Å². The first-order chi connectivity index (χ1) is 14.0. The van der Waals surface area contributed by atoms with Gasteiger partial charge in [-0.1, -0.05) is 0 Å². The van der Waals surface area contributed by atoms with Gasteiger partial charge < -0.3 is 24.3 Å². The zero-order valence-electron chi connectivity index (χ0n) is 16.3. The largest absolute Gasteiger partial charge is 0.493 e. The quantitative estimate of drug-likeness (QED) is 0.689. The van der Waals surface area contributed by atoms with Crippen LogP contribution in [0.1, 0.15) is 37.6 Å². The van der Waals surface area contributed by atoms with Crippen molar-refractivity contribution >= 4 is 34.2 Å². The summed E-state index contributed by atoms with van der Waals surface area (Å²) in [4.78, 5) is 37.7. The van der Waals surface area contributed by atoms with E-state index in [4.69, 9.17) is 18.9 Å². The van der Waals surface area contributed by atoms with Crippen molar-refractivity contribution in [3.8, 4) is 11.5 Å². The number of methoxy groups -OCH3 is 3. The average molecular weight is 419 g/mol. The number of aryl methyl sites for hydroxylation is 1. The Morgan fingerprint density at radius 2 is 1.79 bits per heavy atom. The van der Waals surface area contributed by atoms with Crippen molar-refractivity contribution < 1.29 is 33.3 Å². The Morgan fingerprint density at radius 3 is 2.48 bits per heavy atom. The highest BCUT2D eigenvalue weighted by Gasteiger charge is 2.28. The molecule has 9 heteroatoms. The van der Waals surface area contributed by atoms with Gasteiger partial charge in [0.1, 0.15) is 5.00 Å². The fourth-order valence-corrected chi connectivity index (χ4v) is 4.44. The van der Waals surface area contributed by atoms with E-state index in [0.717, 1.165) is 29.7 Å². The summed E-state index contributed by atoms with van der Waals surface area (Å²) in [6.45, 7) is -0.490. The maximum absolute atomic E-state index is 12.3. The molecule has 0 spiro atoms. The maximum Gasteiger partial charge on any atom is 0.341 e. The van der Waals surface area contributed by atoms with Crippen LogP contribution in [0, 0.1) is 0 Å². The van der Waals surface area contributed by atoms with Crippen molar-refractivity contribution in [2.45, 2.75) is 19.3 Å². The molecule has 8 nitrogen and oxygen atoms in total. The fraction of sp³-hybridized carbons (Fsp3) is 0.350. The standard InChI is InChI=1S/C20H21NO7S/c1-25-13-8-7-11(9-14(13)26-2)19(23)28-10-16(22)21-18-17(20(24)27-3)12-5-4-6-15(12)29-18/h7-9H,4-6,10H2,1-3H3,(H,21,22). The zero-order chi connectivity index (χ0) is 21.0. The number of hydrogen-bond acceptors (Lipinski definition) is 8. The van der Waals surface area contributed by atoms with Gasteiger partial charge >= 0.3 is 11.9 Å². The van der Waals surface area contributed by atoms with E-state index >= 15 is 0 Å². The highest BCUT2D eigenvalue weighted by molar-refractivity contribution is 7.17. The molecule has 1 N–H and O–H groups in total. The molecule has 2 aromatic rings. The smallest absolute Gasteiger partial charge is 0.341 e. The van der Waals surface area contributed by atoms with Gasteiger partial charge in [0.2, 0.25) is 0 Å². The highest BCUT2D eigenvalue weighted by atomic mass is 32.1. The van der Waals surface area contributed by atoms with Crippen molar-refractivity contribution in [3.63, 3.8) is 0 Å². The lowest BCUT2D eigenvalue weighted by atomic mass is 10.1. The number of amides is 1. The Bertz CT molecular complexity index is 951. The SMILES string of the molecule is COC(=O)c1c(NC(=O)COC(=O)c2ccc(OC)c(OC)c2)sc2c1CCC2. The minimum Gasteiger partial charge on any atom is -0.493 e. The van der Waals surface area contributed by atoms with Crippen molar-refractivity contribution in [1.29, 1.82) is 0 Å². The molecule has 0 fully saturated rings. The summed E-state index contributed by atoms with van der Waals surface area (Å²) >= 11 is 1.36. The highest BCUT2D eigenvalue weighted by Crippen LogP contribution is 2.39. The molecule has 1 aromatic heterocycles. The average Bonchev–Trinajstić information content (AvgIpc) is 3.31. The molecular weight excluding hydrogens is 398 g/mol. The Kier molecular flexibility index (Phi) is 6.38. The lowest BCUT2D eigenvalue weighted by Gasteiger charge is -2.10. The summed E-state index contributed by atoms with van der Waals surface area (Å²) in [5.41, 5.74) is 1.55. The molecule has 0 unspecified atom stereocenters. The summed E-state index contributed by atoms with van der Waals surface area (Å²) < 4.78 is 20.2. The van der Waals surface area contributed by atoms with Crippen LogP contribution in [0.3, 0.4) is 0 Å². The third-order valence-corrected chi connectivity index (χ3v) is 5.72. The third kappa shape index (κ3) is 4.34. The zero-order valence-corrected chi connectivity index (χ0v) is 17.1. The maximum atomic E-state index is 12.3. The van der Waals surface area contributed by atoms with Crippen LogP contribution in [-0.4, -0.2) is 45.8 Å². The number of nitrogens with one attached hydrogen (secondary N) is 1. The summed E-state index contributed by atoms with van der Waals surface area (Å²) in [5.74, 6) is -0.848. The monoisotopic (exact) mass is 419 g/mol. The van der Waals surface area contributed by atoms with Gasteiger partial charge in [0.05, 0.1) is 32.5 Å². The minimum absolute atomic E-state index is 0.223. The number of benzene rings is 1. The molecule has 0 aliphatic heterocycles. The summed E-state index contributed by atoms with van der Waals surface area (Å²) in [6.07, 6.45) is 2.62. The lowest BCUT2D eigenvalue weighted by Crippen LogP contribution is -2.21. The first kappa shape index (κ1) is 20.7. The summed E-state index contributed by atoms with van der Waals surface area (Å²) in [5, 5.41) is 3.08. The van der Waals surface area contributed by atoms with E-state index in [1.807, 2.05) is 0 Å². The lowest BCUT2D eigenvalue weighted by molar-refractivity contribution is -0.119. The van der Waals surface area contributed by atoms with Crippen molar-refractivity contribution in [2.24, 2.45) is 0 Å². The van der Waals surface area contributed by atoms with Crippen molar-refractivity contribution in [3.05, 3.63) is 39.8 Å². The first-order valence-corrected chi connectivity index (χ1v) is 9.72. The van der Waals surface area contributed by atoms with Crippen LogP contribution >= 0.6 is 11.3 Å². The fourth-order valence-electron chi connectivity index (χ4n) is 3.15. The Hall–Kier alpha value is -3.07. The molecule has 0 atom stereocenters. The van der Waals surface area contributed by atoms with Crippen LogP contribution in [0.15, 0.2) is 18.2 Å². The van der Waals surface area contributed by atoms with Gasteiger partial charge in [-0.25, -0.2) is 9.59 Å². The number of thiophene rings is 1. The second-order valence-corrected chi connectivity index (χ2v) is 7.35. The van der Waals surface area contributed by atoms with Gasteiger partial charge in [-0.2, -0.15) is 0 Å². The normalized spacial score (nSPS) is 12.1. The number of hydrogen-bond donors (Lipinski definition) is 1. The van der Waals surface area contributed by atoms with Gasteiger partial charge in [0.15, 0.2) is 18.1 Å². The van der Waals surface area contributed by atoms with Crippen LogP contribution in [-0.2, 0) is 27.1 Å². The second-order valence-electron chi connectivity index (χ2n) is 6.25. The van der Waals surface area contributed by atoms with Crippen molar-refractivity contribution in [2.75, 3.05) is 33.3 Å². The van der Waals surface area contributed by atoms with Gasteiger partial charge in [0, 0.05) is 4.88 Å². The molecule has 0 saturated carbocycles. The van der Waals surface area contributed by atoms with Gasteiger partial charge in [0.25, 0.3) is 5.91 Å². The number of ether oxygens (including phenoxy) is 4. The van der Waals surface area contributed by atoms with Crippen LogP contribution < -0.4 is 14.8 Å². The predicted octanol–water partition coefficient (Wildman–Crippen LogP) is 2.84. The molecule has 154 valence electrons. The Labute approximate surface area is 171 Å². The van der Waals surface area contributed by atoms with E-state index in [-0.39, 0.29) is 5.56 Å². The molecule has 0 saturated heterocycles. The van der Waals surface area contributed by atoms with E-state index in [9.17, 15) is 14.4 Å². The molecule has 3 rings (SSSR count). The van der Waals surface area contributed by atoms with E-state index in [0.29, 0.717) is 22.1 Å². The third-order valence-electron chi connectivity index (χ3n) is 4.52. The molecule has 1 aliphatic rings. The molecule has 1 aromatic carbocycles. The summed E-state index contributed by atoms with van der Waals surface area (Å²) in [6, 6.07) is 4.56. The van der Waals surface area contributed by atoms with Gasteiger partial charge in [-0.05, 0) is 43.0 Å². The minimum atomic E-state index is -0.678.